The van der Waals surface area contributed by atoms with Gasteiger partial charge in [-0.05, 0) is 36.3 Å². The van der Waals surface area contributed by atoms with Gasteiger partial charge in [0.1, 0.15) is 42.4 Å². The molecule has 6 N–H and O–H groups in total. The number of carbonyl (C=O) groups excluding carboxylic acids is 1. The summed E-state index contributed by atoms with van der Waals surface area (Å²) in [4.78, 5) is 12.5. The second-order valence-electron chi connectivity index (χ2n) is 9.66. The summed E-state index contributed by atoms with van der Waals surface area (Å²) in [7, 11) is 0. The summed E-state index contributed by atoms with van der Waals surface area (Å²) in [5, 5.41) is 61.5. The lowest BCUT2D eigenvalue weighted by Gasteiger charge is -2.43. The number of hydrogen-bond donors (Lipinski definition) is 6. The Balaban J connectivity index is 1.39. The number of aromatic hydroxyl groups is 1. The molecule has 2 saturated heterocycles. The SMILES string of the molecule is CC1OC(OCC2OC(OCc3ccccc3)C(O)C(O)C2O)C(OC(=O)C=Cc2ccc(O)cc2)C(O)C1O. The first kappa shape index (κ1) is 30.1. The van der Waals surface area contributed by atoms with E-state index in [-0.39, 0.29) is 12.4 Å². The highest BCUT2D eigenvalue weighted by atomic mass is 16.7. The maximum atomic E-state index is 12.5. The number of benzene rings is 2. The van der Waals surface area contributed by atoms with Crippen LogP contribution < -0.4 is 0 Å². The molecule has 2 aliphatic heterocycles. The summed E-state index contributed by atoms with van der Waals surface area (Å²) in [5.74, 6) is -0.800. The van der Waals surface area contributed by atoms with Gasteiger partial charge in [0.25, 0.3) is 0 Å². The van der Waals surface area contributed by atoms with Gasteiger partial charge in [0.05, 0.1) is 19.3 Å². The third kappa shape index (κ3) is 7.43. The monoisotopic (exact) mass is 562 g/mol. The number of ether oxygens (including phenoxy) is 5. The summed E-state index contributed by atoms with van der Waals surface area (Å²) in [6.07, 6.45) is -11.3. The van der Waals surface area contributed by atoms with Crippen molar-refractivity contribution in [2.45, 2.75) is 74.9 Å². The predicted octanol–water partition coefficient (Wildman–Crippen LogP) is -0.175. The minimum Gasteiger partial charge on any atom is -0.508 e. The molecule has 0 aliphatic carbocycles. The van der Waals surface area contributed by atoms with Crippen LogP contribution in [0.1, 0.15) is 18.1 Å². The minimum atomic E-state index is -1.61. The Morgan fingerprint density at radius 1 is 0.825 bits per heavy atom. The van der Waals surface area contributed by atoms with E-state index in [1.165, 1.54) is 25.1 Å². The van der Waals surface area contributed by atoms with Crippen molar-refractivity contribution < 1.29 is 59.1 Å². The van der Waals surface area contributed by atoms with Crippen molar-refractivity contribution >= 4 is 12.0 Å². The van der Waals surface area contributed by atoms with Gasteiger partial charge >= 0.3 is 5.97 Å². The molecule has 2 aromatic rings. The quantitative estimate of drug-likeness (QED) is 0.175. The van der Waals surface area contributed by atoms with Gasteiger partial charge in [0.15, 0.2) is 18.7 Å². The Kier molecular flexibility index (Phi) is 10.2. The molecule has 0 aromatic heterocycles. The molecule has 0 amide bonds. The van der Waals surface area contributed by atoms with Crippen LogP contribution in [0.4, 0.5) is 0 Å². The standard InChI is InChI=1S/C28H34O12/c1-15-21(31)24(34)26(40-20(30)12-9-16-7-10-18(29)11-8-16)28(38-15)37-14-19-22(32)23(33)25(35)27(39-19)36-13-17-5-3-2-4-6-17/h2-12,15,19,21-29,31-35H,13-14H2,1H3. The van der Waals surface area contributed by atoms with Crippen molar-refractivity contribution in [2.75, 3.05) is 6.61 Å². The molecule has 12 heteroatoms. The highest BCUT2D eigenvalue weighted by Gasteiger charge is 2.48. The third-order valence-corrected chi connectivity index (χ3v) is 6.69. The van der Waals surface area contributed by atoms with Crippen molar-refractivity contribution in [2.24, 2.45) is 0 Å². The predicted molar refractivity (Wildman–Crippen MR) is 137 cm³/mol. The topological polar surface area (TPSA) is 185 Å². The molecule has 0 bridgehead atoms. The molecule has 10 unspecified atom stereocenters. The maximum Gasteiger partial charge on any atom is 0.331 e. The van der Waals surface area contributed by atoms with E-state index in [9.17, 15) is 35.4 Å². The molecular weight excluding hydrogens is 528 g/mol. The second kappa shape index (κ2) is 13.6. The minimum absolute atomic E-state index is 0.0634. The normalized spacial score (nSPS) is 34.5. The van der Waals surface area contributed by atoms with Crippen LogP contribution in [0, 0.1) is 0 Å². The fraction of sp³-hybridized carbons (Fsp3) is 0.464. The van der Waals surface area contributed by atoms with Crippen LogP contribution in [-0.2, 0) is 35.1 Å². The number of aliphatic hydroxyl groups excluding tert-OH is 5. The summed E-state index contributed by atoms with van der Waals surface area (Å²) >= 11 is 0. The van der Waals surface area contributed by atoms with Crippen LogP contribution in [-0.4, -0.2) is 105 Å². The maximum absolute atomic E-state index is 12.5. The lowest BCUT2D eigenvalue weighted by Crippen LogP contribution is -2.61. The van der Waals surface area contributed by atoms with Gasteiger partial charge in [-0.25, -0.2) is 4.79 Å². The Hall–Kier alpha value is -2.91. The zero-order chi connectivity index (χ0) is 28.8. The molecule has 40 heavy (non-hydrogen) atoms. The summed E-state index contributed by atoms with van der Waals surface area (Å²) in [6, 6.07) is 15.1. The number of phenolic OH excluding ortho intramolecular Hbond substituents is 1. The molecule has 0 radical (unpaired) electrons. The van der Waals surface area contributed by atoms with Gasteiger partial charge in [-0.1, -0.05) is 42.5 Å². The van der Waals surface area contributed by atoms with E-state index in [1.54, 1.807) is 12.1 Å². The van der Waals surface area contributed by atoms with Gasteiger partial charge < -0.3 is 54.3 Å². The highest BCUT2D eigenvalue weighted by Crippen LogP contribution is 2.28. The van der Waals surface area contributed by atoms with Crippen molar-refractivity contribution in [3.8, 4) is 5.75 Å². The van der Waals surface area contributed by atoms with Crippen molar-refractivity contribution in [3.63, 3.8) is 0 Å². The van der Waals surface area contributed by atoms with Crippen LogP contribution in [0.2, 0.25) is 0 Å². The van der Waals surface area contributed by atoms with E-state index >= 15 is 0 Å². The first-order chi connectivity index (χ1) is 19.1. The number of hydrogen-bond acceptors (Lipinski definition) is 12. The second-order valence-corrected chi connectivity index (χ2v) is 9.66. The van der Waals surface area contributed by atoms with Crippen molar-refractivity contribution in [3.05, 3.63) is 71.8 Å². The Morgan fingerprint density at radius 2 is 1.52 bits per heavy atom. The van der Waals surface area contributed by atoms with Gasteiger partial charge in [-0.2, -0.15) is 0 Å². The van der Waals surface area contributed by atoms with Crippen LogP contribution in [0.25, 0.3) is 6.08 Å². The lowest BCUT2D eigenvalue weighted by molar-refractivity contribution is -0.330. The summed E-state index contributed by atoms with van der Waals surface area (Å²) in [6.45, 7) is 1.16. The van der Waals surface area contributed by atoms with E-state index in [0.29, 0.717) is 5.56 Å². The lowest BCUT2D eigenvalue weighted by atomic mass is 9.98. The van der Waals surface area contributed by atoms with E-state index in [4.69, 9.17) is 23.7 Å². The number of phenols is 1. The van der Waals surface area contributed by atoms with Gasteiger partial charge in [-0.15, -0.1) is 0 Å². The van der Waals surface area contributed by atoms with E-state index in [0.717, 1.165) is 11.6 Å². The smallest absolute Gasteiger partial charge is 0.331 e. The molecule has 218 valence electrons. The zero-order valence-electron chi connectivity index (χ0n) is 21.7. The van der Waals surface area contributed by atoms with Crippen LogP contribution in [0.3, 0.4) is 0 Å². The molecule has 2 aromatic carbocycles. The molecule has 4 rings (SSSR count). The molecule has 2 aliphatic rings. The van der Waals surface area contributed by atoms with Gasteiger partial charge in [-0.3, -0.25) is 0 Å². The fourth-order valence-corrected chi connectivity index (χ4v) is 4.32. The Labute approximate surface area is 230 Å². The number of esters is 1. The Bertz CT molecular complexity index is 1110. The summed E-state index contributed by atoms with van der Waals surface area (Å²) < 4.78 is 28.0. The van der Waals surface area contributed by atoms with Crippen LogP contribution >= 0.6 is 0 Å². The number of carbonyl (C=O) groups is 1. The van der Waals surface area contributed by atoms with Gasteiger partial charge in [0, 0.05) is 6.08 Å². The van der Waals surface area contributed by atoms with Crippen molar-refractivity contribution in [1.82, 2.24) is 0 Å². The third-order valence-electron chi connectivity index (χ3n) is 6.69. The van der Waals surface area contributed by atoms with E-state index in [2.05, 4.69) is 0 Å². The highest BCUT2D eigenvalue weighted by molar-refractivity contribution is 5.87. The first-order valence-electron chi connectivity index (χ1n) is 12.8. The molecule has 10 atom stereocenters. The molecule has 12 nitrogen and oxygen atoms in total. The van der Waals surface area contributed by atoms with E-state index < -0.39 is 74.0 Å². The largest absolute Gasteiger partial charge is 0.508 e. The Morgan fingerprint density at radius 3 is 2.23 bits per heavy atom. The first-order valence-corrected chi connectivity index (χ1v) is 12.8. The van der Waals surface area contributed by atoms with Crippen LogP contribution in [0.15, 0.2) is 60.7 Å². The van der Waals surface area contributed by atoms with Crippen molar-refractivity contribution in [1.29, 1.82) is 0 Å². The van der Waals surface area contributed by atoms with E-state index in [1.807, 2.05) is 30.3 Å². The number of rotatable bonds is 9. The van der Waals surface area contributed by atoms with Gasteiger partial charge in [0.2, 0.25) is 0 Å². The van der Waals surface area contributed by atoms with Crippen LogP contribution in [0.5, 0.6) is 5.75 Å². The average molecular weight is 563 g/mol. The fourth-order valence-electron chi connectivity index (χ4n) is 4.32. The average Bonchev–Trinajstić information content (AvgIpc) is 2.96. The molecule has 0 saturated carbocycles. The summed E-state index contributed by atoms with van der Waals surface area (Å²) in [5.41, 5.74) is 1.40. The molecule has 0 spiro atoms. The molecule has 2 fully saturated rings. The molecular formula is C28H34O12. The molecule has 2 heterocycles. The number of aliphatic hydroxyl groups is 5. The zero-order valence-corrected chi connectivity index (χ0v) is 21.7.